The fourth-order valence-electron chi connectivity index (χ4n) is 5.29. The molecule has 2 saturated heterocycles. The molecule has 0 saturated carbocycles. The third kappa shape index (κ3) is 6.63. The van der Waals surface area contributed by atoms with Crippen molar-refractivity contribution in [2.75, 3.05) is 0 Å². The van der Waals surface area contributed by atoms with Crippen LogP contribution in [-0.2, 0) is 19.1 Å². The van der Waals surface area contributed by atoms with Crippen LogP contribution in [0.4, 0.5) is 0 Å². The van der Waals surface area contributed by atoms with E-state index < -0.39 is 35.6 Å². The van der Waals surface area contributed by atoms with Crippen LogP contribution in [0, 0.1) is 24.2 Å². The Morgan fingerprint density at radius 2 is 1.97 bits per heavy atom. The first-order chi connectivity index (χ1) is 16.8. The van der Waals surface area contributed by atoms with Crippen LogP contribution in [0.25, 0.3) is 6.08 Å². The average Bonchev–Trinajstić information content (AvgIpc) is 3.24. The molecular weight excluding hydrogens is 478 g/mol. The van der Waals surface area contributed by atoms with Gasteiger partial charge in [-0.15, -0.1) is 11.3 Å². The number of fused-ring (bicyclic) bond motifs is 1. The van der Waals surface area contributed by atoms with E-state index in [-0.39, 0.29) is 29.8 Å². The van der Waals surface area contributed by atoms with Crippen molar-refractivity contribution in [2.24, 2.45) is 17.3 Å². The number of cyclic esters (lactones) is 1. The van der Waals surface area contributed by atoms with Crippen LogP contribution in [0.1, 0.15) is 90.8 Å². The van der Waals surface area contributed by atoms with Crippen LogP contribution in [0.5, 0.6) is 0 Å². The molecule has 1 aromatic rings. The zero-order valence-corrected chi connectivity index (χ0v) is 23.6. The molecule has 0 amide bonds. The van der Waals surface area contributed by atoms with Crippen molar-refractivity contribution in [1.29, 1.82) is 0 Å². The monoisotopic (exact) mass is 521 g/mol. The molecule has 1 aromatic heterocycles. The molecule has 2 N–H and O–H groups in total. The zero-order valence-electron chi connectivity index (χ0n) is 22.7. The number of ketones is 1. The number of ether oxygens (including phenoxy) is 2. The van der Waals surface area contributed by atoms with E-state index in [1.165, 1.54) is 0 Å². The quantitative estimate of drug-likeness (QED) is 0.431. The molecule has 2 aliphatic heterocycles. The summed E-state index contributed by atoms with van der Waals surface area (Å²) in [4.78, 5) is 30.9. The third-order valence-corrected chi connectivity index (χ3v) is 8.98. The van der Waals surface area contributed by atoms with E-state index in [1.54, 1.807) is 25.2 Å². The fraction of sp³-hybridized carbons (Fsp3) is 0.750. The highest BCUT2D eigenvalue weighted by Gasteiger charge is 2.53. The lowest BCUT2D eigenvalue weighted by atomic mass is 9.71. The van der Waals surface area contributed by atoms with Gasteiger partial charge in [0.25, 0.3) is 0 Å². The molecule has 3 rings (SSSR count). The second-order valence-electron chi connectivity index (χ2n) is 11.5. The minimum atomic E-state index is -1.23. The summed E-state index contributed by atoms with van der Waals surface area (Å²) >= 11 is 1.56. The number of rotatable bonds is 3. The predicted octanol–water partition coefficient (Wildman–Crippen LogP) is 4.87. The van der Waals surface area contributed by atoms with Gasteiger partial charge in [-0.3, -0.25) is 9.59 Å². The van der Waals surface area contributed by atoms with Gasteiger partial charge in [0.1, 0.15) is 11.9 Å². The lowest BCUT2D eigenvalue weighted by Crippen LogP contribution is -2.46. The number of carbonyl (C=O) groups excluding carboxylic acids is 2. The Balaban J connectivity index is 1.87. The molecule has 0 aromatic carbocycles. The second kappa shape index (κ2) is 11.4. The first-order valence-corrected chi connectivity index (χ1v) is 14.0. The minimum Gasteiger partial charge on any atom is -0.458 e. The number of carbonyl (C=O) groups is 2. The Kier molecular flexibility index (Phi) is 9.18. The van der Waals surface area contributed by atoms with Gasteiger partial charge in [-0.05, 0) is 57.6 Å². The van der Waals surface area contributed by atoms with Crippen LogP contribution in [0.2, 0.25) is 0 Å². The topological polar surface area (TPSA) is 109 Å². The number of esters is 1. The maximum Gasteiger partial charge on any atom is 0.309 e. The lowest BCUT2D eigenvalue weighted by Gasteiger charge is -2.35. The maximum absolute atomic E-state index is 13.4. The van der Waals surface area contributed by atoms with E-state index in [0.717, 1.165) is 35.5 Å². The minimum absolute atomic E-state index is 0.0460. The number of hydrogen-bond donors (Lipinski definition) is 2. The summed E-state index contributed by atoms with van der Waals surface area (Å²) in [6, 6.07) is 0. The van der Waals surface area contributed by atoms with Gasteiger partial charge in [0.15, 0.2) is 0 Å². The second-order valence-corrected chi connectivity index (χ2v) is 12.6. The van der Waals surface area contributed by atoms with Gasteiger partial charge in [0.2, 0.25) is 0 Å². The summed E-state index contributed by atoms with van der Waals surface area (Å²) in [6.07, 6.45) is 2.49. The number of Topliss-reactive ketones (excluding diaryl/α,β-unsaturated/α-hetero) is 1. The predicted molar refractivity (Wildman–Crippen MR) is 140 cm³/mol. The SMILES string of the molecule is CC[C@H]1C(=O)C(C)(C)[C@H](O)CC(=O)O[C@H](/C(C)=C/c2csc(C)n2)CC2OC2(C)CCC[C@H](C)[C@@H]1O. The summed E-state index contributed by atoms with van der Waals surface area (Å²) in [7, 11) is 0. The van der Waals surface area contributed by atoms with Gasteiger partial charge in [-0.1, -0.05) is 34.1 Å². The van der Waals surface area contributed by atoms with Gasteiger partial charge in [-0.2, -0.15) is 0 Å². The molecule has 0 radical (unpaired) electrons. The number of aliphatic hydroxyl groups excluding tert-OH is 2. The third-order valence-electron chi connectivity index (χ3n) is 8.19. The molecule has 3 heterocycles. The Bertz CT molecular complexity index is 971. The van der Waals surface area contributed by atoms with E-state index in [0.29, 0.717) is 12.8 Å². The largest absolute Gasteiger partial charge is 0.458 e. The Morgan fingerprint density at radius 3 is 2.58 bits per heavy atom. The van der Waals surface area contributed by atoms with Crippen LogP contribution < -0.4 is 0 Å². The van der Waals surface area contributed by atoms with Gasteiger partial charge in [0, 0.05) is 17.7 Å². The Morgan fingerprint density at radius 1 is 1.28 bits per heavy atom. The number of nitrogens with zero attached hydrogens (tertiary/aromatic N) is 1. The highest BCUT2D eigenvalue weighted by Crippen LogP contribution is 2.45. The van der Waals surface area contributed by atoms with Gasteiger partial charge in [0.05, 0.1) is 46.5 Å². The number of aliphatic hydroxyl groups is 2. The average molecular weight is 522 g/mol. The molecular formula is C28H43NO6S. The van der Waals surface area contributed by atoms with Crippen LogP contribution >= 0.6 is 11.3 Å². The van der Waals surface area contributed by atoms with Gasteiger partial charge >= 0.3 is 5.97 Å². The van der Waals surface area contributed by atoms with Crippen molar-refractivity contribution in [1.82, 2.24) is 4.98 Å². The summed E-state index contributed by atoms with van der Waals surface area (Å²) < 4.78 is 12.0. The molecule has 0 bridgehead atoms. The van der Waals surface area contributed by atoms with Crippen LogP contribution in [-0.4, -0.2) is 57.0 Å². The number of hydrogen-bond acceptors (Lipinski definition) is 8. The number of epoxide rings is 1. The molecule has 0 spiro atoms. The number of thiazole rings is 1. The normalized spacial score (nSPS) is 36.8. The summed E-state index contributed by atoms with van der Waals surface area (Å²) in [6.45, 7) is 13.1. The van der Waals surface area contributed by atoms with E-state index in [4.69, 9.17) is 9.47 Å². The standard InChI is InChI=1S/C28H43NO6S/c1-8-20-25(32)16(2)10-9-11-28(7)23(35-28)13-21(17(3)12-19-15-36-18(4)29-19)34-24(31)14-22(30)27(5,6)26(20)33/h12,15-16,20-23,25,30,32H,8-11,13-14H2,1-7H3/b17-12+/t16-,20+,21-,22+,23?,25-,28?/m0/s1. The lowest BCUT2D eigenvalue weighted by molar-refractivity contribution is -0.154. The smallest absolute Gasteiger partial charge is 0.309 e. The summed E-state index contributed by atoms with van der Waals surface area (Å²) in [5.74, 6) is -1.45. The van der Waals surface area contributed by atoms with Crippen molar-refractivity contribution in [3.63, 3.8) is 0 Å². The molecule has 2 fully saturated rings. The van der Waals surface area contributed by atoms with Crippen molar-refractivity contribution >= 4 is 29.2 Å². The fourth-order valence-corrected chi connectivity index (χ4v) is 5.86. The van der Waals surface area contributed by atoms with Gasteiger partial charge < -0.3 is 19.7 Å². The molecule has 0 aliphatic carbocycles. The maximum atomic E-state index is 13.4. The molecule has 2 unspecified atom stereocenters. The zero-order chi connectivity index (χ0) is 26.8. The molecule has 7 nitrogen and oxygen atoms in total. The van der Waals surface area contributed by atoms with Crippen molar-refractivity contribution in [3.05, 3.63) is 21.7 Å². The first kappa shape index (κ1) is 29.0. The molecule has 202 valence electrons. The van der Waals surface area contributed by atoms with Crippen molar-refractivity contribution in [2.45, 2.75) is 117 Å². The van der Waals surface area contributed by atoms with E-state index in [9.17, 15) is 19.8 Å². The summed E-state index contributed by atoms with van der Waals surface area (Å²) in [5.41, 5.74) is 0.183. The Hall–Kier alpha value is -1.61. The van der Waals surface area contributed by atoms with E-state index >= 15 is 0 Å². The van der Waals surface area contributed by atoms with Crippen molar-refractivity contribution < 1.29 is 29.3 Å². The van der Waals surface area contributed by atoms with Crippen LogP contribution in [0.15, 0.2) is 11.0 Å². The van der Waals surface area contributed by atoms with E-state index in [1.807, 2.05) is 39.2 Å². The van der Waals surface area contributed by atoms with Crippen molar-refractivity contribution in [3.8, 4) is 0 Å². The molecule has 7 atom stereocenters. The van der Waals surface area contributed by atoms with E-state index in [2.05, 4.69) is 11.9 Å². The highest BCUT2D eigenvalue weighted by atomic mass is 32.1. The molecule has 2 aliphatic rings. The Labute approximate surface area is 219 Å². The summed E-state index contributed by atoms with van der Waals surface area (Å²) in [5, 5.41) is 24.9. The highest BCUT2D eigenvalue weighted by molar-refractivity contribution is 7.09. The molecule has 36 heavy (non-hydrogen) atoms. The van der Waals surface area contributed by atoms with Gasteiger partial charge in [-0.25, -0.2) is 4.98 Å². The van der Waals surface area contributed by atoms with Crippen LogP contribution in [0.3, 0.4) is 0 Å². The number of aryl methyl sites for hydroxylation is 1. The number of aromatic nitrogens is 1. The molecule has 8 heteroatoms. The first-order valence-electron chi connectivity index (χ1n) is 13.2.